The molecule has 0 aliphatic carbocycles. The molecule has 0 atom stereocenters. The first kappa shape index (κ1) is 12.7. The molecule has 0 amide bonds. The Morgan fingerprint density at radius 2 is 1.80 bits per heavy atom. The third-order valence-corrected chi connectivity index (χ3v) is 3.73. The highest BCUT2D eigenvalue weighted by molar-refractivity contribution is 5.82. The summed E-state index contributed by atoms with van der Waals surface area (Å²) in [4.78, 5) is 4.39. The molecule has 3 aromatic rings. The van der Waals surface area contributed by atoms with Gasteiger partial charge in [0.05, 0.1) is 5.52 Å². The molecule has 100 valence electrons. The van der Waals surface area contributed by atoms with Gasteiger partial charge in [-0.25, -0.2) is 0 Å². The van der Waals surface area contributed by atoms with Gasteiger partial charge in [-0.15, -0.1) is 0 Å². The second kappa shape index (κ2) is 5.33. The number of fused-ring (bicyclic) bond motifs is 1. The van der Waals surface area contributed by atoms with Gasteiger partial charge in [0, 0.05) is 23.8 Å². The summed E-state index contributed by atoms with van der Waals surface area (Å²) in [7, 11) is 0. The average molecular weight is 262 g/mol. The number of hydrogen-bond acceptors (Lipinski definition) is 2. The van der Waals surface area contributed by atoms with Crippen LogP contribution in [0, 0.1) is 13.8 Å². The molecule has 0 aliphatic heterocycles. The predicted molar refractivity (Wildman–Crippen MR) is 85.0 cm³/mol. The van der Waals surface area contributed by atoms with Gasteiger partial charge in [-0.2, -0.15) is 0 Å². The maximum atomic E-state index is 4.39. The normalized spacial score (nSPS) is 10.7. The molecule has 2 heteroatoms. The van der Waals surface area contributed by atoms with Crippen molar-refractivity contribution in [3.05, 3.63) is 71.4 Å². The Kier molecular flexibility index (Phi) is 3.38. The fourth-order valence-electron chi connectivity index (χ4n) is 2.36. The molecule has 0 saturated carbocycles. The van der Waals surface area contributed by atoms with Crippen LogP contribution in [0.3, 0.4) is 0 Å². The lowest BCUT2D eigenvalue weighted by Gasteiger charge is -2.10. The zero-order chi connectivity index (χ0) is 13.9. The van der Waals surface area contributed by atoms with Gasteiger partial charge in [0.25, 0.3) is 0 Å². The molecule has 2 aromatic carbocycles. The van der Waals surface area contributed by atoms with Crippen LogP contribution in [-0.4, -0.2) is 4.98 Å². The lowest BCUT2D eigenvalue weighted by Crippen LogP contribution is -2.01. The monoisotopic (exact) mass is 262 g/mol. The first-order valence-corrected chi connectivity index (χ1v) is 6.88. The number of nitrogens with zero attached hydrogens (tertiary/aromatic N) is 1. The van der Waals surface area contributed by atoms with Crippen LogP contribution in [-0.2, 0) is 6.54 Å². The summed E-state index contributed by atoms with van der Waals surface area (Å²) in [6, 6.07) is 16.8. The number of anilines is 1. The van der Waals surface area contributed by atoms with Crippen LogP contribution in [0.5, 0.6) is 0 Å². The van der Waals surface area contributed by atoms with Gasteiger partial charge >= 0.3 is 0 Å². The number of pyridine rings is 1. The zero-order valence-corrected chi connectivity index (χ0v) is 11.9. The van der Waals surface area contributed by atoms with E-state index in [2.05, 4.69) is 66.6 Å². The summed E-state index contributed by atoms with van der Waals surface area (Å²) in [5, 5.41) is 4.71. The maximum Gasteiger partial charge on any atom is 0.0705 e. The summed E-state index contributed by atoms with van der Waals surface area (Å²) < 4.78 is 0. The summed E-state index contributed by atoms with van der Waals surface area (Å²) >= 11 is 0. The third kappa shape index (κ3) is 2.50. The maximum absolute atomic E-state index is 4.39. The van der Waals surface area contributed by atoms with Crippen LogP contribution in [0.4, 0.5) is 5.69 Å². The van der Waals surface area contributed by atoms with Crippen molar-refractivity contribution in [1.29, 1.82) is 0 Å². The number of aryl methyl sites for hydroxylation is 2. The van der Waals surface area contributed by atoms with Crippen LogP contribution in [0.1, 0.15) is 16.7 Å². The Morgan fingerprint density at radius 3 is 2.65 bits per heavy atom. The molecule has 0 bridgehead atoms. The van der Waals surface area contributed by atoms with Gasteiger partial charge in [0.15, 0.2) is 0 Å². The van der Waals surface area contributed by atoms with E-state index in [0.29, 0.717) is 0 Å². The van der Waals surface area contributed by atoms with Crippen molar-refractivity contribution in [2.24, 2.45) is 0 Å². The number of rotatable bonds is 3. The largest absolute Gasteiger partial charge is 0.381 e. The van der Waals surface area contributed by atoms with Gasteiger partial charge in [0.2, 0.25) is 0 Å². The molecule has 1 aromatic heterocycles. The minimum atomic E-state index is 0.811. The SMILES string of the molecule is Cc1ccc(NCc2ccnc3ccccc23)cc1C. The Morgan fingerprint density at radius 1 is 0.950 bits per heavy atom. The van der Waals surface area contributed by atoms with Crippen LogP contribution >= 0.6 is 0 Å². The van der Waals surface area contributed by atoms with Crippen LogP contribution in [0.15, 0.2) is 54.7 Å². The van der Waals surface area contributed by atoms with Gasteiger partial charge in [-0.3, -0.25) is 4.98 Å². The molecule has 0 saturated heterocycles. The number of para-hydroxylation sites is 1. The fourth-order valence-corrected chi connectivity index (χ4v) is 2.36. The molecule has 0 unspecified atom stereocenters. The molecule has 0 fully saturated rings. The highest BCUT2D eigenvalue weighted by atomic mass is 14.9. The first-order valence-electron chi connectivity index (χ1n) is 6.88. The average Bonchev–Trinajstić information content (AvgIpc) is 2.48. The summed E-state index contributed by atoms with van der Waals surface area (Å²) in [5.74, 6) is 0. The van der Waals surface area contributed by atoms with Crippen molar-refractivity contribution < 1.29 is 0 Å². The lowest BCUT2D eigenvalue weighted by atomic mass is 10.1. The first-order chi connectivity index (χ1) is 9.74. The van der Waals surface area contributed by atoms with E-state index < -0.39 is 0 Å². The molecule has 0 aliphatic rings. The second-order valence-corrected chi connectivity index (χ2v) is 5.14. The van der Waals surface area contributed by atoms with E-state index in [4.69, 9.17) is 0 Å². The minimum Gasteiger partial charge on any atom is -0.381 e. The smallest absolute Gasteiger partial charge is 0.0705 e. The van der Waals surface area contributed by atoms with E-state index >= 15 is 0 Å². The van der Waals surface area contributed by atoms with E-state index in [1.165, 1.54) is 22.1 Å². The Bertz CT molecular complexity index is 742. The van der Waals surface area contributed by atoms with Crippen LogP contribution < -0.4 is 5.32 Å². The molecular formula is C18H18N2. The van der Waals surface area contributed by atoms with E-state index in [1.54, 1.807) is 0 Å². The lowest BCUT2D eigenvalue weighted by molar-refractivity contribution is 1.15. The highest BCUT2D eigenvalue weighted by Gasteiger charge is 2.01. The molecule has 0 radical (unpaired) electrons. The van der Waals surface area contributed by atoms with E-state index in [0.717, 1.165) is 17.7 Å². The second-order valence-electron chi connectivity index (χ2n) is 5.14. The number of aromatic nitrogens is 1. The number of hydrogen-bond donors (Lipinski definition) is 1. The van der Waals surface area contributed by atoms with Crippen molar-refractivity contribution in [3.8, 4) is 0 Å². The summed E-state index contributed by atoms with van der Waals surface area (Å²) in [6.45, 7) is 5.09. The van der Waals surface area contributed by atoms with Gasteiger partial charge < -0.3 is 5.32 Å². The third-order valence-electron chi connectivity index (χ3n) is 3.73. The Balaban J connectivity index is 1.85. The van der Waals surface area contributed by atoms with E-state index in [-0.39, 0.29) is 0 Å². The molecular weight excluding hydrogens is 244 g/mol. The summed E-state index contributed by atoms with van der Waals surface area (Å²) in [5.41, 5.74) is 6.12. The van der Waals surface area contributed by atoms with Crippen LogP contribution in [0.25, 0.3) is 10.9 Å². The highest BCUT2D eigenvalue weighted by Crippen LogP contribution is 2.19. The Hall–Kier alpha value is -2.35. The van der Waals surface area contributed by atoms with Crippen molar-refractivity contribution in [2.45, 2.75) is 20.4 Å². The standard InChI is InChI=1S/C18H18N2/c1-13-7-8-16(11-14(13)2)20-12-15-9-10-19-18-6-4-3-5-17(15)18/h3-11,20H,12H2,1-2H3. The van der Waals surface area contributed by atoms with Crippen molar-refractivity contribution in [3.63, 3.8) is 0 Å². The van der Waals surface area contributed by atoms with Gasteiger partial charge in [-0.1, -0.05) is 24.3 Å². The molecule has 0 spiro atoms. The Labute approximate surface area is 119 Å². The van der Waals surface area contributed by atoms with Crippen molar-refractivity contribution >= 4 is 16.6 Å². The topological polar surface area (TPSA) is 24.9 Å². The quantitative estimate of drug-likeness (QED) is 0.753. The zero-order valence-electron chi connectivity index (χ0n) is 11.9. The molecule has 3 rings (SSSR count). The number of nitrogens with one attached hydrogen (secondary N) is 1. The van der Waals surface area contributed by atoms with Crippen molar-refractivity contribution in [2.75, 3.05) is 5.32 Å². The summed E-state index contributed by atoms with van der Waals surface area (Å²) in [6.07, 6.45) is 1.87. The molecule has 20 heavy (non-hydrogen) atoms. The minimum absolute atomic E-state index is 0.811. The van der Waals surface area contributed by atoms with Crippen molar-refractivity contribution in [1.82, 2.24) is 4.98 Å². The van der Waals surface area contributed by atoms with Crippen LogP contribution in [0.2, 0.25) is 0 Å². The van der Waals surface area contributed by atoms with E-state index in [9.17, 15) is 0 Å². The predicted octanol–water partition coefficient (Wildman–Crippen LogP) is 4.46. The van der Waals surface area contributed by atoms with Gasteiger partial charge in [-0.05, 0) is 54.8 Å². The number of benzene rings is 2. The fraction of sp³-hybridized carbons (Fsp3) is 0.167. The van der Waals surface area contributed by atoms with Gasteiger partial charge in [0.1, 0.15) is 0 Å². The molecule has 1 heterocycles. The van der Waals surface area contributed by atoms with E-state index in [1.807, 2.05) is 12.3 Å². The molecule has 1 N–H and O–H groups in total. The molecule has 2 nitrogen and oxygen atoms in total.